The predicted octanol–water partition coefficient (Wildman–Crippen LogP) is 7.33. The lowest BCUT2D eigenvalue weighted by Crippen LogP contribution is -2.16. The molecule has 0 radical (unpaired) electrons. The van der Waals surface area contributed by atoms with E-state index in [0.29, 0.717) is 0 Å². The Kier molecular flexibility index (Phi) is 8.02. The van der Waals surface area contributed by atoms with Crippen LogP contribution in [-0.2, 0) is 11.2 Å². The van der Waals surface area contributed by atoms with E-state index >= 15 is 0 Å². The summed E-state index contributed by atoms with van der Waals surface area (Å²) >= 11 is 1.52. The normalized spacial score (nSPS) is 13.2. The van der Waals surface area contributed by atoms with Crippen LogP contribution in [0, 0.1) is 0 Å². The van der Waals surface area contributed by atoms with Gasteiger partial charge in [0.25, 0.3) is 0 Å². The van der Waals surface area contributed by atoms with E-state index in [1.165, 1.54) is 72.5 Å². The number of rotatable bonds is 12. The molecule has 0 fully saturated rings. The first kappa shape index (κ1) is 21.0. The van der Waals surface area contributed by atoms with Crippen molar-refractivity contribution in [2.24, 2.45) is 0 Å². The molecule has 1 atom stereocenters. The molecule has 0 amide bonds. The highest BCUT2D eigenvalue weighted by molar-refractivity contribution is 8.00. The zero-order valence-electron chi connectivity index (χ0n) is 17.0. The van der Waals surface area contributed by atoms with Gasteiger partial charge in [0, 0.05) is 4.90 Å². The van der Waals surface area contributed by atoms with Crippen molar-refractivity contribution >= 4 is 17.7 Å². The van der Waals surface area contributed by atoms with Crippen LogP contribution in [-0.4, -0.2) is 16.3 Å². The molecule has 2 aromatic rings. The van der Waals surface area contributed by atoms with Crippen LogP contribution in [0.1, 0.15) is 75.8 Å². The van der Waals surface area contributed by atoms with Gasteiger partial charge in [0.05, 0.1) is 0 Å². The number of carboxylic acid groups (broad SMARTS) is 1. The maximum absolute atomic E-state index is 11.7. The van der Waals surface area contributed by atoms with Gasteiger partial charge in [-0.05, 0) is 47.2 Å². The number of unbranched alkanes of at least 4 members (excludes halogenated alkanes) is 7. The molecule has 28 heavy (non-hydrogen) atoms. The lowest BCUT2D eigenvalue weighted by molar-refractivity contribution is -0.136. The van der Waals surface area contributed by atoms with Crippen molar-refractivity contribution in [1.82, 2.24) is 0 Å². The minimum atomic E-state index is -0.684. The summed E-state index contributed by atoms with van der Waals surface area (Å²) < 4.78 is 0. The minimum absolute atomic E-state index is 0.345. The third-order valence-corrected chi connectivity index (χ3v) is 6.89. The van der Waals surface area contributed by atoms with Crippen LogP contribution < -0.4 is 0 Å². The first-order chi connectivity index (χ1) is 13.7. The molecule has 3 rings (SSSR count). The SMILES string of the molecule is CCCCCCCCCCC(Sc1ccc2c(c1)Cc1ccccc1-2)C(=O)O. The van der Waals surface area contributed by atoms with Gasteiger partial charge < -0.3 is 5.11 Å². The highest BCUT2D eigenvalue weighted by atomic mass is 32.2. The van der Waals surface area contributed by atoms with Crippen LogP contribution in [0.3, 0.4) is 0 Å². The number of hydrogen-bond acceptors (Lipinski definition) is 2. The predicted molar refractivity (Wildman–Crippen MR) is 119 cm³/mol. The highest BCUT2D eigenvalue weighted by Gasteiger charge is 2.21. The van der Waals surface area contributed by atoms with E-state index in [9.17, 15) is 9.90 Å². The van der Waals surface area contributed by atoms with Crippen LogP contribution in [0.4, 0.5) is 0 Å². The number of fused-ring (bicyclic) bond motifs is 3. The summed E-state index contributed by atoms with van der Waals surface area (Å²) in [6, 6.07) is 15.0. The fraction of sp³-hybridized carbons (Fsp3) is 0.480. The summed E-state index contributed by atoms with van der Waals surface area (Å²) in [7, 11) is 0. The summed E-state index contributed by atoms with van der Waals surface area (Å²) in [6.07, 6.45) is 11.7. The Morgan fingerprint density at radius 1 is 0.929 bits per heavy atom. The van der Waals surface area contributed by atoms with Crippen LogP contribution in [0.5, 0.6) is 0 Å². The first-order valence-corrected chi connectivity index (χ1v) is 11.7. The third kappa shape index (κ3) is 5.64. The molecule has 0 aromatic heterocycles. The van der Waals surface area contributed by atoms with Crippen LogP contribution in [0.25, 0.3) is 11.1 Å². The third-order valence-electron chi connectivity index (χ3n) is 5.64. The number of hydrogen-bond donors (Lipinski definition) is 1. The van der Waals surface area contributed by atoms with Crippen molar-refractivity contribution < 1.29 is 9.90 Å². The molecular formula is C25H32O2S. The summed E-state index contributed by atoms with van der Waals surface area (Å²) in [4.78, 5) is 12.8. The molecule has 0 saturated carbocycles. The number of aliphatic carboxylic acids is 1. The molecule has 1 aliphatic rings. The van der Waals surface area contributed by atoms with E-state index in [-0.39, 0.29) is 5.25 Å². The molecule has 1 N–H and O–H groups in total. The van der Waals surface area contributed by atoms with Gasteiger partial charge in [-0.2, -0.15) is 0 Å². The number of carbonyl (C=O) groups is 1. The van der Waals surface area contributed by atoms with Gasteiger partial charge in [0.2, 0.25) is 0 Å². The zero-order valence-corrected chi connectivity index (χ0v) is 17.8. The molecule has 0 heterocycles. The fourth-order valence-corrected chi connectivity index (χ4v) is 5.13. The standard InChI is InChI=1S/C25H32O2S/c1-2-3-4-5-6-7-8-9-14-24(25(26)27)28-21-15-16-23-20(18-21)17-19-12-10-11-13-22(19)23/h10-13,15-16,18,24H,2-9,14,17H2,1H3,(H,26,27). The highest BCUT2D eigenvalue weighted by Crippen LogP contribution is 2.39. The monoisotopic (exact) mass is 396 g/mol. The minimum Gasteiger partial charge on any atom is -0.480 e. The molecule has 1 unspecified atom stereocenters. The Labute approximate surface area is 173 Å². The smallest absolute Gasteiger partial charge is 0.316 e. The second-order valence-corrected chi connectivity index (χ2v) is 9.14. The Hall–Kier alpha value is -1.74. The van der Waals surface area contributed by atoms with Gasteiger partial charge in [-0.3, -0.25) is 4.79 Å². The van der Waals surface area contributed by atoms with Crippen LogP contribution in [0.2, 0.25) is 0 Å². The molecule has 0 aliphatic heterocycles. The van der Waals surface area contributed by atoms with Crippen LogP contribution >= 0.6 is 11.8 Å². The quantitative estimate of drug-likeness (QED) is 0.257. The Balaban J connectivity index is 1.48. The molecule has 0 saturated heterocycles. The summed E-state index contributed by atoms with van der Waals surface area (Å²) in [5.74, 6) is -0.684. The lowest BCUT2D eigenvalue weighted by Gasteiger charge is -2.13. The number of carboxylic acids is 1. The molecule has 2 nitrogen and oxygen atoms in total. The van der Waals surface area contributed by atoms with Crippen LogP contribution in [0.15, 0.2) is 47.4 Å². The maximum Gasteiger partial charge on any atom is 0.316 e. The van der Waals surface area contributed by atoms with E-state index in [0.717, 1.165) is 30.6 Å². The summed E-state index contributed by atoms with van der Waals surface area (Å²) in [5, 5.41) is 9.30. The van der Waals surface area contributed by atoms with Crippen molar-refractivity contribution in [2.45, 2.75) is 81.3 Å². The van der Waals surface area contributed by atoms with Crippen molar-refractivity contribution in [1.29, 1.82) is 0 Å². The molecule has 0 spiro atoms. The maximum atomic E-state index is 11.7. The summed E-state index contributed by atoms with van der Waals surface area (Å²) in [6.45, 7) is 2.24. The Morgan fingerprint density at radius 2 is 1.61 bits per heavy atom. The van der Waals surface area contributed by atoms with E-state index in [4.69, 9.17) is 0 Å². The van der Waals surface area contributed by atoms with Gasteiger partial charge in [-0.15, -0.1) is 11.8 Å². The molecule has 2 aromatic carbocycles. The lowest BCUT2D eigenvalue weighted by atomic mass is 10.1. The first-order valence-electron chi connectivity index (χ1n) is 10.8. The van der Waals surface area contributed by atoms with E-state index in [1.807, 2.05) is 0 Å². The number of thioether (sulfide) groups is 1. The molecule has 3 heteroatoms. The Morgan fingerprint density at radius 3 is 2.36 bits per heavy atom. The topological polar surface area (TPSA) is 37.3 Å². The second-order valence-electron chi connectivity index (χ2n) is 7.86. The largest absolute Gasteiger partial charge is 0.480 e. The average molecular weight is 397 g/mol. The molecule has 0 bridgehead atoms. The van der Waals surface area contributed by atoms with Crippen molar-refractivity contribution in [3.8, 4) is 11.1 Å². The molecular weight excluding hydrogens is 364 g/mol. The van der Waals surface area contributed by atoms with Crippen molar-refractivity contribution in [3.05, 3.63) is 53.6 Å². The summed E-state index contributed by atoms with van der Waals surface area (Å²) in [5.41, 5.74) is 5.31. The fourth-order valence-electron chi connectivity index (χ4n) is 4.06. The van der Waals surface area contributed by atoms with Crippen molar-refractivity contribution in [2.75, 3.05) is 0 Å². The van der Waals surface area contributed by atoms with Gasteiger partial charge in [0.1, 0.15) is 5.25 Å². The van der Waals surface area contributed by atoms with E-state index in [2.05, 4.69) is 49.4 Å². The van der Waals surface area contributed by atoms with E-state index in [1.54, 1.807) is 0 Å². The Bertz CT molecular complexity index is 784. The molecule has 1 aliphatic carbocycles. The van der Waals surface area contributed by atoms with Gasteiger partial charge in [-0.25, -0.2) is 0 Å². The average Bonchev–Trinajstić information content (AvgIpc) is 3.06. The zero-order chi connectivity index (χ0) is 19.8. The van der Waals surface area contributed by atoms with Crippen molar-refractivity contribution in [3.63, 3.8) is 0 Å². The van der Waals surface area contributed by atoms with E-state index < -0.39 is 5.97 Å². The van der Waals surface area contributed by atoms with Gasteiger partial charge >= 0.3 is 5.97 Å². The second kappa shape index (κ2) is 10.7. The molecule has 150 valence electrons. The number of benzene rings is 2. The van der Waals surface area contributed by atoms with Gasteiger partial charge in [0.15, 0.2) is 0 Å². The van der Waals surface area contributed by atoms with Gasteiger partial charge in [-0.1, -0.05) is 88.6 Å².